The van der Waals surface area contributed by atoms with Crippen molar-refractivity contribution in [3.8, 4) is 0 Å². The predicted molar refractivity (Wildman–Crippen MR) is 91.3 cm³/mol. The minimum absolute atomic E-state index is 0.0397. The molecule has 11 heteroatoms. The van der Waals surface area contributed by atoms with E-state index in [2.05, 4.69) is 10.4 Å². The number of hydrogen-bond donors (Lipinski definition) is 3. The Bertz CT molecular complexity index is 885. The van der Waals surface area contributed by atoms with E-state index in [1.54, 1.807) is 6.92 Å². The van der Waals surface area contributed by atoms with Crippen LogP contribution in [0.4, 0.5) is 5.00 Å². The van der Waals surface area contributed by atoms with Gasteiger partial charge in [0.25, 0.3) is 5.91 Å². The van der Waals surface area contributed by atoms with Crippen molar-refractivity contribution in [1.82, 2.24) is 9.78 Å². The molecule has 2 heterocycles. The molecule has 0 aliphatic rings. The Morgan fingerprint density at radius 3 is 2.65 bits per heavy atom. The summed E-state index contributed by atoms with van der Waals surface area (Å²) in [5, 5.41) is 15.4. The zero-order valence-electron chi connectivity index (χ0n) is 13.9. The molecule has 2 rings (SSSR count). The molecule has 0 aliphatic carbocycles. The maximum Gasteiger partial charge on any atom is 0.354 e. The van der Waals surface area contributed by atoms with Crippen LogP contribution in [-0.4, -0.2) is 45.2 Å². The van der Waals surface area contributed by atoms with E-state index in [4.69, 9.17) is 15.6 Å². The van der Waals surface area contributed by atoms with Gasteiger partial charge in [0, 0.05) is 6.20 Å². The number of nitrogens with one attached hydrogen (secondary N) is 1. The summed E-state index contributed by atoms with van der Waals surface area (Å²) >= 11 is 0.847. The molecule has 4 N–H and O–H groups in total. The number of ether oxygens (including phenoxy) is 1. The third-order valence-corrected chi connectivity index (χ3v) is 4.55. The number of hydrogen-bond acceptors (Lipinski definition) is 7. The molecule has 0 bridgehead atoms. The van der Waals surface area contributed by atoms with Crippen molar-refractivity contribution in [3.63, 3.8) is 0 Å². The Morgan fingerprint density at radius 2 is 2.08 bits per heavy atom. The molecule has 138 valence electrons. The van der Waals surface area contributed by atoms with Gasteiger partial charge in [-0.1, -0.05) is 0 Å². The first-order valence-corrected chi connectivity index (χ1v) is 8.23. The van der Waals surface area contributed by atoms with Crippen LogP contribution in [0.15, 0.2) is 12.3 Å². The lowest BCUT2D eigenvalue weighted by atomic mass is 10.1. The number of nitrogens with two attached hydrogens (primary N) is 1. The molecule has 0 fully saturated rings. The highest BCUT2D eigenvalue weighted by molar-refractivity contribution is 7.18. The summed E-state index contributed by atoms with van der Waals surface area (Å²) in [7, 11) is 0. The van der Waals surface area contributed by atoms with Gasteiger partial charge in [-0.05, 0) is 25.5 Å². The fourth-order valence-corrected chi connectivity index (χ4v) is 3.29. The second-order valence-corrected chi connectivity index (χ2v) is 6.09. The number of thiophene rings is 1. The monoisotopic (exact) mass is 380 g/mol. The Hall–Kier alpha value is -3.21. The number of carboxylic acids is 1. The Balaban J connectivity index is 2.30. The molecule has 26 heavy (non-hydrogen) atoms. The summed E-state index contributed by atoms with van der Waals surface area (Å²) in [5.74, 6) is -3.29. The van der Waals surface area contributed by atoms with Crippen LogP contribution in [0.1, 0.15) is 43.0 Å². The van der Waals surface area contributed by atoms with Crippen molar-refractivity contribution in [1.29, 1.82) is 0 Å². The van der Waals surface area contributed by atoms with E-state index in [-0.39, 0.29) is 34.3 Å². The lowest BCUT2D eigenvalue weighted by Gasteiger charge is -2.08. The summed E-state index contributed by atoms with van der Waals surface area (Å²) in [5.41, 5.74) is 5.48. The third kappa shape index (κ3) is 3.88. The van der Waals surface area contributed by atoms with Gasteiger partial charge in [-0.3, -0.25) is 9.59 Å². The van der Waals surface area contributed by atoms with Crippen LogP contribution in [0.2, 0.25) is 0 Å². The summed E-state index contributed by atoms with van der Waals surface area (Å²) in [4.78, 5) is 47.1. The Morgan fingerprint density at radius 1 is 1.38 bits per heavy atom. The number of rotatable bonds is 7. The number of aromatic carboxylic acids is 1. The van der Waals surface area contributed by atoms with E-state index in [1.165, 1.54) is 19.2 Å². The van der Waals surface area contributed by atoms with Crippen LogP contribution < -0.4 is 11.1 Å². The molecule has 10 nitrogen and oxygen atoms in total. The van der Waals surface area contributed by atoms with Crippen LogP contribution in [0.25, 0.3) is 0 Å². The highest BCUT2D eigenvalue weighted by Gasteiger charge is 2.26. The van der Waals surface area contributed by atoms with Crippen LogP contribution >= 0.6 is 11.3 Å². The molecule has 0 atom stereocenters. The van der Waals surface area contributed by atoms with Gasteiger partial charge < -0.3 is 20.9 Å². The van der Waals surface area contributed by atoms with Crippen molar-refractivity contribution < 1.29 is 29.0 Å². The molecule has 2 aromatic rings. The quantitative estimate of drug-likeness (QED) is 0.602. The van der Waals surface area contributed by atoms with E-state index < -0.39 is 23.8 Å². The molecule has 0 saturated carbocycles. The predicted octanol–water partition coefficient (Wildman–Crippen LogP) is 0.866. The minimum atomic E-state index is -1.23. The van der Waals surface area contributed by atoms with E-state index in [9.17, 15) is 19.2 Å². The summed E-state index contributed by atoms with van der Waals surface area (Å²) in [6.45, 7) is 2.87. The summed E-state index contributed by atoms with van der Waals surface area (Å²) in [6, 6.07) is 1.25. The van der Waals surface area contributed by atoms with Gasteiger partial charge in [-0.25, -0.2) is 14.3 Å². The van der Waals surface area contributed by atoms with Gasteiger partial charge in [0.2, 0.25) is 5.91 Å². The number of esters is 1. The average molecular weight is 380 g/mol. The number of primary amides is 1. The van der Waals surface area contributed by atoms with E-state index in [0.717, 1.165) is 16.0 Å². The maximum atomic E-state index is 12.3. The molecule has 2 aromatic heterocycles. The molecule has 0 saturated heterocycles. The summed E-state index contributed by atoms with van der Waals surface area (Å²) in [6.07, 6.45) is 1.25. The molecule has 0 aliphatic heterocycles. The summed E-state index contributed by atoms with van der Waals surface area (Å²) < 4.78 is 5.95. The Kier molecular flexibility index (Phi) is 5.72. The van der Waals surface area contributed by atoms with Gasteiger partial charge in [0.05, 0.1) is 17.0 Å². The lowest BCUT2D eigenvalue weighted by Crippen LogP contribution is -2.22. The average Bonchev–Trinajstić information content (AvgIpc) is 3.12. The molecule has 2 amide bonds. The van der Waals surface area contributed by atoms with Crippen LogP contribution in [-0.2, 0) is 16.1 Å². The standard InChI is InChI=1S/C15H16N4O6S/c1-3-25-15(24)10-7(2)11(12(16)21)26-13(10)18-9(20)6-19-8(14(22)23)4-5-17-19/h4-5H,3,6H2,1-2H3,(H2,16,21)(H,18,20)(H,22,23). The first kappa shape index (κ1) is 19.1. The maximum absolute atomic E-state index is 12.3. The fourth-order valence-electron chi connectivity index (χ4n) is 2.23. The van der Waals surface area contributed by atoms with Crippen molar-refractivity contribution in [2.75, 3.05) is 11.9 Å². The zero-order valence-corrected chi connectivity index (χ0v) is 14.8. The van der Waals surface area contributed by atoms with Crippen molar-refractivity contribution in [2.45, 2.75) is 20.4 Å². The Labute approximate surface area is 151 Å². The van der Waals surface area contributed by atoms with Crippen LogP contribution in [0, 0.1) is 6.92 Å². The number of carbonyl (C=O) groups excluding carboxylic acids is 3. The molecule has 0 radical (unpaired) electrons. The van der Waals surface area contributed by atoms with Gasteiger partial charge in [-0.2, -0.15) is 5.10 Å². The second-order valence-electron chi connectivity index (χ2n) is 5.07. The smallest absolute Gasteiger partial charge is 0.354 e. The number of carbonyl (C=O) groups is 4. The first-order chi connectivity index (χ1) is 12.3. The minimum Gasteiger partial charge on any atom is -0.477 e. The van der Waals surface area contributed by atoms with Gasteiger partial charge in [0.1, 0.15) is 17.2 Å². The van der Waals surface area contributed by atoms with E-state index in [1.807, 2.05) is 0 Å². The largest absolute Gasteiger partial charge is 0.477 e. The lowest BCUT2D eigenvalue weighted by molar-refractivity contribution is -0.116. The van der Waals surface area contributed by atoms with Gasteiger partial charge >= 0.3 is 11.9 Å². The normalized spacial score (nSPS) is 10.4. The van der Waals surface area contributed by atoms with Gasteiger partial charge in [0.15, 0.2) is 0 Å². The molecular formula is C15H16N4O6S. The van der Waals surface area contributed by atoms with Crippen molar-refractivity contribution in [2.24, 2.45) is 5.73 Å². The van der Waals surface area contributed by atoms with Crippen molar-refractivity contribution in [3.05, 3.63) is 34.0 Å². The van der Waals surface area contributed by atoms with E-state index in [0.29, 0.717) is 5.56 Å². The number of anilines is 1. The van der Waals surface area contributed by atoms with E-state index >= 15 is 0 Å². The number of aromatic nitrogens is 2. The second kappa shape index (κ2) is 7.78. The van der Waals surface area contributed by atoms with Crippen LogP contribution in [0.5, 0.6) is 0 Å². The van der Waals surface area contributed by atoms with Crippen LogP contribution in [0.3, 0.4) is 0 Å². The van der Waals surface area contributed by atoms with Crippen molar-refractivity contribution >= 4 is 40.1 Å². The molecular weight excluding hydrogens is 364 g/mol. The first-order valence-electron chi connectivity index (χ1n) is 7.41. The zero-order chi connectivity index (χ0) is 19.4. The SMILES string of the molecule is CCOC(=O)c1c(NC(=O)Cn2nccc2C(=O)O)sc(C(N)=O)c1C. The molecule has 0 spiro atoms. The number of amides is 2. The molecule has 0 unspecified atom stereocenters. The highest BCUT2D eigenvalue weighted by atomic mass is 32.1. The number of nitrogens with zero attached hydrogens (tertiary/aromatic N) is 2. The number of carboxylic acid groups (broad SMARTS) is 1. The topological polar surface area (TPSA) is 154 Å². The third-order valence-electron chi connectivity index (χ3n) is 3.33. The molecule has 0 aromatic carbocycles. The van der Waals surface area contributed by atoms with Gasteiger partial charge in [-0.15, -0.1) is 11.3 Å². The highest BCUT2D eigenvalue weighted by Crippen LogP contribution is 2.33. The fraction of sp³-hybridized carbons (Fsp3) is 0.267.